The van der Waals surface area contributed by atoms with Crippen molar-refractivity contribution in [3.05, 3.63) is 11.6 Å². The number of rotatable bonds is 4. The van der Waals surface area contributed by atoms with Crippen LogP contribution in [0.4, 0.5) is 0 Å². The molecule has 0 aliphatic heterocycles. The summed E-state index contributed by atoms with van der Waals surface area (Å²) in [6, 6.07) is 0.653. The fourth-order valence-corrected chi connectivity index (χ4v) is 2.04. The lowest BCUT2D eigenvalue weighted by atomic mass is 10.0. The molecule has 2 rings (SSSR count). The topological polar surface area (TPSA) is 56.7 Å². The van der Waals surface area contributed by atoms with Gasteiger partial charge in [0.25, 0.3) is 0 Å². The minimum absolute atomic E-state index is 0.0341. The summed E-state index contributed by atoms with van der Waals surface area (Å²) in [6.45, 7) is 6.38. The van der Waals surface area contributed by atoms with Crippen LogP contribution in [0.1, 0.15) is 56.8 Å². The predicted octanol–water partition coefficient (Wildman–Crippen LogP) is 1.97. The second kappa shape index (κ2) is 3.93. The van der Waals surface area contributed by atoms with Crippen molar-refractivity contribution in [3.63, 3.8) is 0 Å². The van der Waals surface area contributed by atoms with Gasteiger partial charge in [-0.25, -0.2) is 0 Å². The van der Waals surface area contributed by atoms with Gasteiger partial charge >= 0.3 is 0 Å². The van der Waals surface area contributed by atoms with Gasteiger partial charge in [0.05, 0.1) is 6.04 Å². The fraction of sp³-hybridized carbons (Fsp3) is 0.818. The molecule has 1 aliphatic carbocycles. The molecule has 84 valence electrons. The second-order valence-electron chi connectivity index (χ2n) is 4.94. The van der Waals surface area contributed by atoms with Crippen molar-refractivity contribution in [2.24, 2.45) is 11.7 Å². The third-order valence-corrected chi connectivity index (χ3v) is 2.86. The molecule has 1 saturated carbocycles. The van der Waals surface area contributed by atoms with E-state index < -0.39 is 0 Å². The van der Waals surface area contributed by atoms with Crippen molar-refractivity contribution in [2.45, 2.75) is 52.1 Å². The molecule has 0 amide bonds. The van der Waals surface area contributed by atoms with Crippen LogP contribution < -0.4 is 5.73 Å². The van der Waals surface area contributed by atoms with Gasteiger partial charge in [-0.2, -0.15) is 0 Å². The summed E-state index contributed by atoms with van der Waals surface area (Å²) in [5.41, 5.74) is 6.15. The van der Waals surface area contributed by atoms with Gasteiger partial charge in [-0.15, -0.1) is 10.2 Å². The van der Waals surface area contributed by atoms with Crippen molar-refractivity contribution in [3.8, 4) is 0 Å². The van der Waals surface area contributed by atoms with Crippen LogP contribution in [0.25, 0.3) is 0 Å². The molecule has 0 spiro atoms. The average Bonchev–Trinajstić information content (AvgIpc) is 2.89. The molecule has 0 saturated heterocycles. The highest BCUT2D eigenvalue weighted by atomic mass is 15.3. The van der Waals surface area contributed by atoms with Crippen molar-refractivity contribution in [1.29, 1.82) is 0 Å². The van der Waals surface area contributed by atoms with Gasteiger partial charge in [0, 0.05) is 6.04 Å². The smallest absolute Gasteiger partial charge is 0.150 e. The molecule has 0 radical (unpaired) electrons. The molecule has 15 heavy (non-hydrogen) atoms. The number of nitrogens with zero attached hydrogens (tertiary/aromatic N) is 3. The van der Waals surface area contributed by atoms with Crippen molar-refractivity contribution < 1.29 is 0 Å². The van der Waals surface area contributed by atoms with Crippen LogP contribution in [0, 0.1) is 12.8 Å². The van der Waals surface area contributed by atoms with Crippen LogP contribution >= 0.6 is 0 Å². The molecule has 4 nitrogen and oxygen atoms in total. The maximum Gasteiger partial charge on any atom is 0.150 e. The van der Waals surface area contributed by atoms with E-state index in [1.807, 2.05) is 6.92 Å². The monoisotopic (exact) mass is 208 g/mol. The third-order valence-electron chi connectivity index (χ3n) is 2.86. The Morgan fingerprint density at radius 1 is 1.40 bits per heavy atom. The maximum atomic E-state index is 6.15. The van der Waals surface area contributed by atoms with Gasteiger partial charge in [0.15, 0.2) is 0 Å². The van der Waals surface area contributed by atoms with Crippen LogP contribution in [-0.4, -0.2) is 14.8 Å². The molecule has 4 heteroatoms. The molecule has 1 aromatic rings. The number of hydrogen-bond acceptors (Lipinski definition) is 3. The Balaban J connectivity index is 2.19. The van der Waals surface area contributed by atoms with Gasteiger partial charge in [0.1, 0.15) is 11.6 Å². The molecular formula is C11H20N4. The van der Waals surface area contributed by atoms with Gasteiger partial charge in [0.2, 0.25) is 0 Å². The molecule has 1 fully saturated rings. The van der Waals surface area contributed by atoms with E-state index in [4.69, 9.17) is 5.73 Å². The molecule has 0 bridgehead atoms. The largest absolute Gasteiger partial charge is 0.321 e. The van der Waals surface area contributed by atoms with E-state index in [2.05, 4.69) is 28.6 Å². The van der Waals surface area contributed by atoms with E-state index in [1.165, 1.54) is 12.8 Å². The lowest BCUT2D eigenvalue weighted by molar-refractivity contribution is 0.473. The first-order valence-corrected chi connectivity index (χ1v) is 5.76. The van der Waals surface area contributed by atoms with Crippen LogP contribution in [0.2, 0.25) is 0 Å². The normalized spacial score (nSPS) is 18.5. The molecule has 1 atom stereocenters. The SMILES string of the molecule is Cc1nnc([C@@H](N)CC(C)C)n1C1CC1. The Morgan fingerprint density at radius 3 is 2.60 bits per heavy atom. The first kappa shape index (κ1) is 10.6. The molecule has 1 heterocycles. The summed E-state index contributed by atoms with van der Waals surface area (Å²) in [6.07, 6.45) is 3.48. The minimum Gasteiger partial charge on any atom is -0.321 e. The first-order valence-electron chi connectivity index (χ1n) is 5.76. The molecule has 2 N–H and O–H groups in total. The molecule has 1 aliphatic rings. The predicted molar refractivity (Wildman–Crippen MR) is 59.4 cm³/mol. The van der Waals surface area contributed by atoms with Gasteiger partial charge in [-0.1, -0.05) is 13.8 Å². The standard InChI is InChI=1S/C11H20N4/c1-7(2)6-10(12)11-14-13-8(3)15(11)9-4-5-9/h7,9-10H,4-6,12H2,1-3H3/t10-/m0/s1. The first-order chi connectivity index (χ1) is 7.09. The summed E-state index contributed by atoms with van der Waals surface area (Å²) in [5, 5.41) is 8.36. The number of hydrogen-bond donors (Lipinski definition) is 1. The Morgan fingerprint density at radius 2 is 2.07 bits per heavy atom. The van der Waals surface area contributed by atoms with Crippen LogP contribution in [0.15, 0.2) is 0 Å². The van der Waals surface area contributed by atoms with Gasteiger partial charge in [-0.3, -0.25) is 0 Å². The van der Waals surface area contributed by atoms with E-state index in [1.54, 1.807) is 0 Å². The Kier molecular flexibility index (Phi) is 2.78. The zero-order valence-electron chi connectivity index (χ0n) is 9.77. The van der Waals surface area contributed by atoms with Crippen LogP contribution in [-0.2, 0) is 0 Å². The van der Waals surface area contributed by atoms with Crippen LogP contribution in [0.3, 0.4) is 0 Å². The van der Waals surface area contributed by atoms with E-state index in [9.17, 15) is 0 Å². The highest BCUT2D eigenvalue weighted by Crippen LogP contribution is 2.37. The average molecular weight is 208 g/mol. The van der Waals surface area contributed by atoms with Crippen molar-refractivity contribution >= 4 is 0 Å². The van der Waals surface area contributed by atoms with Crippen molar-refractivity contribution in [2.75, 3.05) is 0 Å². The highest BCUT2D eigenvalue weighted by Gasteiger charge is 2.30. The van der Waals surface area contributed by atoms with E-state index >= 15 is 0 Å². The summed E-state index contributed by atoms with van der Waals surface area (Å²) in [4.78, 5) is 0. The third kappa shape index (κ3) is 2.20. The number of aromatic nitrogens is 3. The van der Waals surface area contributed by atoms with Gasteiger partial charge in [-0.05, 0) is 32.1 Å². The molecule has 0 aromatic carbocycles. The molecule has 0 unspecified atom stereocenters. The fourth-order valence-electron chi connectivity index (χ4n) is 2.04. The van der Waals surface area contributed by atoms with E-state index in [0.29, 0.717) is 12.0 Å². The molecular weight excluding hydrogens is 188 g/mol. The van der Waals surface area contributed by atoms with Crippen molar-refractivity contribution in [1.82, 2.24) is 14.8 Å². The lowest BCUT2D eigenvalue weighted by Crippen LogP contribution is -2.18. The Bertz CT molecular complexity index is 338. The van der Waals surface area contributed by atoms with E-state index in [-0.39, 0.29) is 6.04 Å². The number of aryl methyl sites for hydroxylation is 1. The van der Waals surface area contributed by atoms with Gasteiger partial charge < -0.3 is 10.3 Å². The Hall–Kier alpha value is -0.900. The lowest BCUT2D eigenvalue weighted by Gasteiger charge is -2.15. The summed E-state index contributed by atoms with van der Waals surface area (Å²) >= 11 is 0. The second-order valence-corrected chi connectivity index (χ2v) is 4.94. The highest BCUT2D eigenvalue weighted by molar-refractivity contribution is 5.05. The Labute approximate surface area is 90.9 Å². The zero-order valence-corrected chi connectivity index (χ0v) is 9.77. The molecule has 1 aromatic heterocycles. The quantitative estimate of drug-likeness (QED) is 0.823. The maximum absolute atomic E-state index is 6.15. The number of nitrogens with two attached hydrogens (primary N) is 1. The minimum atomic E-state index is 0.0341. The summed E-state index contributed by atoms with van der Waals surface area (Å²) in [7, 11) is 0. The van der Waals surface area contributed by atoms with E-state index in [0.717, 1.165) is 18.1 Å². The van der Waals surface area contributed by atoms with Crippen LogP contribution in [0.5, 0.6) is 0 Å². The summed E-state index contributed by atoms with van der Waals surface area (Å²) < 4.78 is 2.23. The zero-order chi connectivity index (χ0) is 11.0. The summed E-state index contributed by atoms with van der Waals surface area (Å²) in [5.74, 6) is 2.58.